The lowest BCUT2D eigenvalue weighted by atomic mass is 9.73. The number of benzene rings is 3. The van der Waals surface area contributed by atoms with Gasteiger partial charge in [0, 0.05) is 22.4 Å². The van der Waals surface area contributed by atoms with E-state index >= 15 is 0 Å². The standard InChI is InChI=1S/C32H33Cl2FO4/c1-18(2)24-16-25(20-7-6-8-22(33)13-20)29(19-9-11-23(35)12-10-19)39-30(24)26-14-21(32(3,4)5)15-27(34)31(26)38-17-28(36)37/h6-15,24-25,29-30H,1,16-17H2,2-5H3,(H,36,37)/t24-,25-,29+,30+/m1/s1. The summed E-state index contributed by atoms with van der Waals surface area (Å²) < 4.78 is 26.6. The molecule has 1 N–H and O–H groups in total. The number of aliphatic carboxylic acids is 1. The van der Waals surface area contributed by atoms with Crippen LogP contribution in [-0.2, 0) is 14.9 Å². The zero-order chi connectivity index (χ0) is 28.5. The molecule has 4 nitrogen and oxygen atoms in total. The summed E-state index contributed by atoms with van der Waals surface area (Å²) in [5, 5.41) is 10.3. The van der Waals surface area contributed by atoms with E-state index in [0.29, 0.717) is 22.0 Å². The third-order valence-electron chi connectivity index (χ3n) is 7.23. The molecule has 0 spiro atoms. The monoisotopic (exact) mass is 570 g/mol. The molecular formula is C32H33Cl2FO4. The topological polar surface area (TPSA) is 55.8 Å². The normalized spacial score (nSPS) is 21.4. The molecule has 1 heterocycles. The van der Waals surface area contributed by atoms with Crippen molar-refractivity contribution in [2.75, 3.05) is 6.61 Å². The fourth-order valence-electron chi connectivity index (χ4n) is 5.17. The molecular weight excluding hydrogens is 538 g/mol. The Bertz CT molecular complexity index is 1360. The summed E-state index contributed by atoms with van der Waals surface area (Å²) in [5.41, 5.74) is 4.12. The van der Waals surface area contributed by atoms with Crippen LogP contribution >= 0.6 is 23.2 Å². The van der Waals surface area contributed by atoms with E-state index < -0.39 is 24.8 Å². The molecule has 1 aliphatic rings. The minimum atomic E-state index is -1.11. The third kappa shape index (κ3) is 6.66. The SMILES string of the molecule is C=C(C)[C@H]1C[C@H](c2cccc(Cl)c2)[C@H](c2ccc(F)cc2)O[C@@H]1c1cc(C(C)(C)C)cc(Cl)c1OCC(=O)O. The summed E-state index contributed by atoms with van der Waals surface area (Å²) >= 11 is 13.1. The van der Waals surface area contributed by atoms with Crippen LogP contribution in [0.5, 0.6) is 5.75 Å². The van der Waals surface area contributed by atoms with Crippen LogP contribution in [0.3, 0.4) is 0 Å². The van der Waals surface area contributed by atoms with E-state index in [9.17, 15) is 14.3 Å². The molecule has 0 saturated carbocycles. The maximum Gasteiger partial charge on any atom is 0.341 e. The highest BCUT2D eigenvalue weighted by Gasteiger charge is 2.42. The molecule has 0 aromatic heterocycles. The Hall–Kier alpha value is -2.86. The first-order valence-electron chi connectivity index (χ1n) is 12.9. The lowest BCUT2D eigenvalue weighted by Gasteiger charge is -2.43. The number of halogens is 3. The van der Waals surface area contributed by atoms with E-state index in [-0.39, 0.29) is 28.8 Å². The first-order valence-corrected chi connectivity index (χ1v) is 13.6. The molecule has 0 bridgehead atoms. The minimum Gasteiger partial charge on any atom is -0.480 e. The fraction of sp³-hybridized carbons (Fsp3) is 0.344. The van der Waals surface area contributed by atoms with Crippen LogP contribution in [0.4, 0.5) is 4.39 Å². The molecule has 0 unspecified atom stereocenters. The van der Waals surface area contributed by atoms with Crippen molar-refractivity contribution in [3.63, 3.8) is 0 Å². The number of rotatable bonds is 7. The van der Waals surface area contributed by atoms with E-state index in [4.69, 9.17) is 32.7 Å². The van der Waals surface area contributed by atoms with Crippen molar-refractivity contribution in [1.82, 2.24) is 0 Å². The van der Waals surface area contributed by atoms with Gasteiger partial charge in [0.05, 0.1) is 17.2 Å². The maximum atomic E-state index is 13.9. The minimum absolute atomic E-state index is 0.100. The van der Waals surface area contributed by atoms with Gasteiger partial charge in [0.25, 0.3) is 0 Å². The molecule has 7 heteroatoms. The lowest BCUT2D eigenvalue weighted by molar-refractivity contribution is -0.139. The second-order valence-corrected chi connectivity index (χ2v) is 12.0. The van der Waals surface area contributed by atoms with Crippen molar-refractivity contribution >= 4 is 29.2 Å². The largest absolute Gasteiger partial charge is 0.480 e. The van der Waals surface area contributed by atoms with E-state index in [2.05, 4.69) is 27.4 Å². The van der Waals surface area contributed by atoms with Gasteiger partial charge in [-0.3, -0.25) is 0 Å². The van der Waals surface area contributed by atoms with Crippen LogP contribution in [-0.4, -0.2) is 17.7 Å². The van der Waals surface area contributed by atoms with Gasteiger partial charge in [-0.1, -0.05) is 80.4 Å². The number of ether oxygens (including phenoxy) is 2. The van der Waals surface area contributed by atoms with E-state index in [1.54, 1.807) is 12.1 Å². The Balaban J connectivity index is 1.89. The molecule has 4 atom stereocenters. The molecule has 0 radical (unpaired) electrons. The summed E-state index contributed by atoms with van der Waals surface area (Å²) in [6.07, 6.45) is -0.330. The van der Waals surface area contributed by atoms with Gasteiger partial charge in [0.2, 0.25) is 0 Å². The Morgan fingerprint density at radius 3 is 2.36 bits per heavy atom. The quantitative estimate of drug-likeness (QED) is 0.288. The van der Waals surface area contributed by atoms with Crippen molar-refractivity contribution in [1.29, 1.82) is 0 Å². The second-order valence-electron chi connectivity index (χ2n) is 11.2. The molecule has 3 aromatic carbocycles. The molecule has 3 aromatic rings. The average Bonchev–Trinajstić information content (AvgIpc) is 2.86. The van der Waals surface area contributed by atoms with Crippen molar-refractivity contribution in [3.05, 3.63) is 111 Å². The van der Waals surface area contributed by atoms with Crippen molar-refractivity contribution in [3.8, 4) is 5.75 Å². The molecule has 0 amide bonds. The molecule has 1 fully saturated rings. The number of hydrogen-bond donors (Lipinski definition) is 1. The highest BCUT2D eigenvalue weighted by atomic mass is 35.5. The van der Waals surface area contributed by atoms with Crippen molar-refractivity contribution < 1.29 is 23.8 Å². The number of carboxylic acids is 1. The van der Waals surface area contributed by atoms with Gasteiger partial charge in [0.1, 0.15) is 11.6 Å². The number of carboxylic acid groups (broad SMARTS) is 1. The second kappa shape index (κ2) is 11.7. The molecule has 0 aliphatic carbocycles. The zero-order valence-electron chi connectivity index (χ0n) is 22.5. The predicted octanol–water partition coefficient (Wildman–Crippen LogP) is 9.07. The maximum absolute atomic E-state index is 13.9. The van der Waals surface area contributed by atoms with E-state index in [1.807, 2.05) is 43.3 Å². The third-order valence-corrected chi connectivity index (χ3v) is 7.74. The van der Waals surface area contributed by atoms with E-state index in [1.165, 1.54) is 12.1 Å². The first kappa shape index (κ1) is 29.1. The summed E-state index contributed by atoms with van der Waals surface area (Å²) in [7, 11) is 0. The van der Waals surface area contributed by atoms with Gasteiger partial charge >= 0.3 is 5.97 Å². The Labute approximate surface area is 239 Å². The van der Waals surface area contributed by atoms with Gasteiger partial charge in [-0.25, -0.2) is 9.18 Å². The number of carbonyl (C=O) groups is 1. The van der Waals surface area contributed by atoms with Crippen molar-refractivity contribution in [2.45, 2.75) is 57.7 Å². The van der Waals surface area contributed by atoms with Gasteiger partial charge in [-0.05, 0) is 71.8 Å². The smallest absolute Gasteiger partial charge is 0.341 e. The number of hydrogen-bond acceptors (Lipinski definition) is 3. The average molecular weight is 572 g/mol. The molecule has 4 rings (SSSR count). The van der Waals surface area contributed by atoms with Crippen LogP contribution in [0.2, 0.25) is 10.0 Å². The molecule has 206 valence electrons. The van der Waals surface area contributed by atoms with Gasteiger partial charge in [0.15, 0.2) is 6.61 Å². The lowest BCUT2D eigenvalue weighted by Crippen LogP contribution is -2.32. The zero-order valence-corrected chi connectivity index (χ0v) is 24.0. The van der Waals surface area contributed by atoms with Crippen LogP contribution in [0.15, 0.2) is 72.8 Å². The Morgan fingerprint density at radius 2 is 1.77 bits per heavy atom. The van der Waals surface area contributed by atoms with Crippen LogP contribution in [0.25, 0.3) is 0 Å². The molecule has 39 heavy (non-hydrogen) atoms. The van der Waals surface area contributed by atoms with Gasteiger partial charge in [-0.15, -0.1) is 0 Å². The highest BCUT2D eigenvalue weighted by molar-refractivity contribution is 6.32. The predicted molar refractivity (Wildman–Crippen MR) is 153 cm³/mol. The summed E-state index contributed by atoms with van der Waals surface area (Å²) in [6, 6.07) is 17.8. The van der Waals surface area contributed by atoms with Crippen LogP contribution in [0, 0.1) is 11.7 Å². The highest BCUT2D eigenvalue weighted by Crippen LogP contribution is 2.54. The fourth-order valence-corrected chi connectivity index (χ4v) is 5.65. The van der Waals surface area contributed by atoms with E-state index in [0.717, 1.165) is 22.3 Å². The van der Waals surface area contributed by atoms with Crippen LogP contribution < -0.4 is 4.74 Å². The summed E-state index contributed by atoms with van der Waals surface area (Å²) in [4.78, 5) is 11.4. The van der Waals surface area contributed by atoms with Crippen LogP contribution in [0.1, 0.15) is 74.5 Å². The Morgan fingerprint density at radius 1 is 1.08 bits per heavy atom. The molecule has 1 saturated heterocycles. The van der Waals surface area contributed by atoms with Gasteiger partial charge in [-0.2, -0.15) is 0 Å². The first-order chi connectivity index (χ1) is 18.3. The molecule has 1 aliphatic heterocycles. The van der Waals surface area contributed by atoms with Crippen molar-refractivity contribution in [2.24, 2.45) is 5.92 Å². The Kier molecular flexibility index (Phi) is 8.75. The van der Waals surface area contributed by atoms with Gasteiger partial charge < -0.3 is 14.6 Å². The summed E-state index contributed by atoms with van der Waals surface area (Å²) in [6.45, 7) is 11.9. The summed E-state index contributed by atoms with van der Waals surface area (Å²) in [5.74, 6) is -1.41.